The molecule has 3 heterocycles. The van der Waals surface area contributed by atoms with Crippen LogP contribution in [0.1, 0.15) is 5.76 Å². The van der Waals surface area contributed by atoms with Crippen LogP contribution in [0.15, 0.2) is 59.3 Å². The second-order valence-corrected chi connectivity index (χ2v) is 5.94. The highest BCUT2D eigenvalue weighted by atomic mass is 16.5. The van der Waals surface area contributed by atoms with Crippen molar-refractivity contribution in [3.8, 4) is 0 Å². The van der Waals surface area contributed by atoms with Crippen molar-refractivity contribution in [2.75, 3.05) is 41.8 Å². The minimum Gasteiger partial charge on any atom is -0.467 e. The Morgan fingerprint density at radius 1 is 1.04 bits per heavy atom. The molecule has 1 aliphatic heterocycles. The molecule has 1 aromatic carbocycles. The van der Waals surface area contributed by atoms with Gasteiger partial charge in [-0.15, -0.1) is 0 Å². The minimum atomic E-state index is 0.551. The summed E-state index contributed by atoms with van der Waals surface area (Å²) in [6.45, 7) is 3.83. The lowest BCUT2D eigenvalue weighted by atomic mass is 10.2. The summed E-state index contributed by atoms with van der Waals surface area (Å²) in [4.78, 5) is 11.2. The highest BCUT2D eigenvalue weighted by molar-refractivity contribution is 5.73. The summed E-state index contributed by atoms with van der Waals surface area (Å²) >= 11 is 0. The van der Waals surface area contributed by atoms with Gasteiger partial charge in [0.25, 0.3) is 0 Å². The number of nitrogens with zero attached hydrogens (tertiary/aromatic N) is 3. The van der Waals surface area contributed by atoms with Crippen LogP contribution in [0.3, 0.4) is 0 Å². The Morgan fingerprint density at radius 2 is 1.92 bits per heavy atom. The monoisotopic (exact) mass is 351 g/mol. The lowest BCUT2D eigenvalue weighted by Gasteiger charge is -2.30. The first-order valence-corrected chi connectivity index (χ1v) is 8.66. The van der Waals surface area contributed by atoms with Gasteiger partial charge in [-0.25, -0.2) is 4.98 Å². The number of nitrogens with one attached hydrogen (secondary N) is 2. The van der Waals surface area contributed by atoms with Crippen molar-refractivity contribution in [1.82, 2.24) is 9.97 Å². The third-order valence-corrected chi connectivity index (χ3v) is 4.18. The van der Waals surface area contributed by atoms with Crippen LogP contribution < -0.4 is 15.5 Å². The average molecular weight is 351 g/mol. The number of anilines is 4. The molecule has 0 bridgehead atoms. The number of para-hydroxylation sites is 2. The van der Waals surface area contributed by atoms with Crippen molar-refractivity contribution in [3.05, 3.63) is 60.7 Å². The first-order valence-electron chi connectivity index (χ1n) is 8.66. The van der Waals surface area contributed by atoms with Gasteiger partial charge in [0.05, 0.1) is 37.4 Å². The number of rotatable bonds is 6. The Bertz CT molecular complexity index is 831. The van der Waals surface area contributed by atoms with Gasteiger partial charge >= 0.3 is 0 Å². The first-order chi connectivity index (χ1) is 12.9. The topological polar surface area (TPSA) is 75.5 Å². The molecule has 0 aliphatic carbocycles. The van der Waals surface area contributed by atoms with E-state index in [2.05, 4.69) is 31.6 Å². The summed E-state index contributed by atoms with van der Waals surface area (Å²) in [6, 6.07) is 13.8. The smallest absolute Gasteiger partial charge is 0.229 e. The fourth-order valence-corrected chi connectivity index (χ4v) is 2.89. The molecule has 4 rings (SSSR count). The molecule has 1 saturated heterocycles. The molecule has 0 atom stereocenters. The zero-order chi connectivity index (χ0) is 17.6. The summed E-state index contributed by atoms with van der Waals surface area (Å²) in [5, 5.41) is 6.57. The number of hydrogen-bond donors (Lipinski definition) is 2. The zero-order valence-electron chi connectivity index (χ0n) is 14.4. The largest absolute Gasteiger partial charge is 0.467 e. The highest BCUT2D eigenvalue weighted by Gasteiger charge is 2.15. The molecule has 134 valence electrons. The predicted octanol–water partition coefficient (Wildman–Crippen LogP) is 3.26. The molecule has 0 unspecified atom stereocenters. The normalized spacial score (nSPS) is 14.2. The number of ether oxygens (including phenoxy) is 1. The maximum Gasteiger partial charge on any atom is 0.229 e. The van der Waals surface area contributed by atoms with Crippen molar-refractivity contribution in [1.29, 1.82) is 0 Å². The van der Waals surface area contributed by atoms with Crippen LogP contribution in [0.5, 0.6) is 0 Å². The van der Waals surface area contributed by atoms with Gasteiger partial charge in [0.1, 0.15) is 11.6 Å². The maximum atomic E-state index is 5.45. The zero-order valence-corrected chi connectivity index (χ0v) is 14.4. The van der Waals surface area contributed by atoms with E-state index in [0.29, 0.717) is 12.5 Å². The molecule has 7 heteroatoms. The van der Waals surface area contributed by atoms with Gasteiger partial charge in [-0.05, 0) is 30.3 Å². The quantitative estimate of drug-likeness (QED) is 0.706. The van der Waals surface area contributed by atoms with E-state index in [1.807, 2.05) is 36.4 Å². The third kappa shape index (κ3) is 3.94. The van der Waals surface area contributed by atoms with Crippen molar-refractivity contribution in [3.63, 3.8) is 0 Å². The molecule has 0 spiro atoms. The Labute approximate surface area is 152 Å². The van der Waals surface area contributed by atoms with E-state index in [1.54, 1.807) is 12.5 Å². The minimum absolute atomic E-state index is 0.551. The predicted molar refractivity (Wildman–Crippen MR) is 101 cm³/mol. The van der Waals surface area contributed by atoms with Gasteiger partial charge in [0.15, 0.2) is 0 Å². The van der Waals surface area contributed by atoms with Crippen LogP contribution in [0.25, 0.3) is 0 Å². The summed E-state index contributed by atoms with van der Waals surface area (Å²) in [5.74, 6) is 2.15. The van der Waals surface area contributed by atoms with E-state index in [-0.39, 0.29) is 0 Å². The van der Waals surface area contributed by atoms with E-state index in [0.717, 1.165) is 49.3 Å². The molecule has 2 N–H and O–H groups in total. The molecule has 2 aromatic heterocycles. The Hall–Kier alpha value is -3.06. The molecular formula is C19H21N5O2. The standard InChI is InChI=1S/C19H21N5O2/c1-2-6-17(24-9-12-25-13-10-24)16(5-1)22-19-20-8-7-18(23-19)21-14-15-4-3-11-26-15/h1-8,11H,9-10,12-14H2,(H2,20,21,22,23). The molecule has 0 saturated carbocycles. The molecule has 3 aromatic rings. The van der Waals surface area contributed by atoms with Crippen molar-refractivity contribution in [2.45, 2.75) is 6.54 Å². The number of morpholine rings is 1. The van der Waals surface area contributed by atoms with E-state index in [4.69, 9.17) is 9.15 Å². The summed E-state index contributed by atoms with van der Waals surface area (Å²) in [7, 11) is 0. The number of aromatic nitrogens is 2. The van der Waals surface area contributed by atoms with Crippen LogP contribution in [-0.2, 0) is 11.3 Å². The number of hydrogen-bond acceptors (Lipinski definition) is 7. The lowest BCUT2D eigenvalue weighted by Crippen LogP contribution is -2.36. The molecular weight excluding hydrogens is 330 g/mol. The molecule has 7 nitrogen and oxygen atoms in total. The summed E-state index contributed by atoms with van der Waals surface area (Å²) in [6.07, 6.45) is 3.39. The second kappa shape index (κ2) is 7.88. The van der Waals surface area contributed by atoms with Gasteiger partial charge in [0, 0.05) is 19.3 Å². The van der Waals surface area contributed by atoms with Crippen molar-refractivity contribution >= 4 is 23.1 Å². The van der Waals surface area contributed by atoms with E-state index < -0.39 is 0 Å². The van der Waals surface area contributed by atoms with Gasteiger partial charge in [-0.2, -0.15) is 4.98 Å². The average Bonchev–Trinajstić information content (AvgIpc) is 3.22. The van der Waals surface area contributed by atoms with Crippen molar-refractivity contribution < 1.29 is 9.15 Å². The van der Waals surface area contributed by atoms with Crippen LogP contribution in [0.4, 0.5) is 23.1 Å². The SMILES string of the molecule is c1coc(CNc2ccnc(Nc3ccccc3N3CCOCC3)n2)c1. The van der Waals surface area contributed by atoms with Gasteiger partial charge in [-0.3, -0.25) is 0 Å². The Morgan fingerprint density at radius 3 is 2.77 bits per heavy atom. The molecule has 0 amide bonds. The fourth-order valence-electron chi connectivity index (χ4n) is 2.89. The number of benzene rings is 1. The molecule has 26 heavy (non-hydrogen) atoms. The summed E-state index contributed by atoms with van der Waals surface area (Å²) in [5.41, 5.74) is 2.12. The third-order valence-electron chi connectivity index (χ3n) is 4.18. The molecule has 0 radical (unpaired) electrons. The Balaban J connectivity index is 1.48. The van der Waals surface area contributed by atoms with E-state index in [1.165, 1.54) is 0 Å². The van der Waals surface area contributed by atoms with Gasteiger partial charge in [-0.1, -0.05) is 12.1 Å². The second-order valence-electron chi connectivity index (χ2n) is 5.94. The first kappa shape index (κ1) is 16.4. The van der Waals surface area contributed by atoms with Crippen LogP contribution in [-0.4, -0.2) is 36.3 Å². The maximum absolute atomic E-state index is 5.45. The van der Waals surface area contributed by atoms with Crippen LogP contribution in [0.2, 0.25) is 0 Å². The fraction of sp³-hybridized carbons (Fsp3) is 0.263. The summed E-state index contributed by atoms with van der Waals surface area (Å²) < 4.78 is 10.8. The molecule has 1 aliphatic rings. The number of furan rings is 1. The van der Waals surface area contributed by atoms with Crippen LogP contribution in [0, 0.1) is 0 Å². The van der Waals surface area contributed by atoms with Crippen LogP contribution >= 0.6 is 0 Å². The highest BCUT2D eigenvalue weighted by Crippen LogP contribution is 2.28. The van der Waals surface area contributed by atoms with E-state index in [9.17, 15) is 0 Å². The van der Waals surface area contributed by atoms with Crippen molar-refractivity contribution in [2.24, 2.45) is 0 Å². The van der Waals surface area contributed by atoms with Gasteiger partial charge < -0.3 is 24.7 Å². The van der Waals surface area contributed by atoms with E-state index >= 15 is 0 Å². The van der Waals surface area contributed by atoms with Gasteiger partial charge in [0.2, 0.25) is 5.95 Å². The molecule has 1 fully saturated rings. The lowest BCUT2D eigenvalue weighted by molar-refractivity contribution is 0.123. The Kier molecular flexibility index (Phi) is 4.97.